The van der Waals surface area contributed by atoms with E-state index in [0.29, 0.717) is 12.2 Å². The summed E-state index contributed by atoms with van der Waals surface area (Å²) in [7, 11) is 3.55. The second kappa shape index (κ2) is 4.44. The van der Waals surface area contributed by atoms with E-state index in [0.717, 1.165) is 4.88 Å². The molecule has 0 aliphatic carbocycles. The van der Waals surface area contributed by atoms with Crippen LogP contribution in [0.2, 0.25) is 0 Å². The lowest BCUT2D eigenvalue weighted by molar-refractivity contribution is -0.117. The lowest BCUT2D eigenvalue weighted by atomic mass is 10.3. The van der Waals surface area contributed by atoms with E-state index in [1.807, 2.05) is 19.3 Å². The van der Waals surface area contributed by atoms with Crippen LogP contribution >= 0.6 is 11.3 Å². The van der Waals surface area contributed by atoms with E-state index < -0.39 is 0 Å². The van der Waals surface area contributed by atoms with Crippen LogP contribution in [0.4, 0.5) is 5.82 Å². The Morgan fingerprint density at radius 3 is 3.00 bits per heavy atom. The summed E-state index contributed by atoms with van der Waals surface area (Å²) >= 11 is 1.48. The van der Waals surface area contributed by atoms with Crippen LogP contribution in [0.1, 0.15) is 4.88 Å². The number of rotatable bonds is 3. The molecule has 1 amide bonds. The summed E-state index contributed by atoms with van der Waals surface area (Å²) in [5.74, 6) is 0.681. The van der Waals surface area contributed by atoms with Crippen LogP contribution in [-0.2, 0) is 18.3 Å². The molecule has 2 aromatic heterocycles. The van der Waals surface area contributed by atoms with Crippen molar-refractivity contribution in [3.05, 3.63) is 28.8 Å². The Kier molecular flexibility index (Phi) is 3.00. The molecule has 0 aliphatic heterocycles. The average Bonchev–Trinajstić information content (AvgIpc) is 2.88. The molecule has 0 spiro atoms. The van der Waals surface area contributed by atoms with Crippen molar-refractivity contribution in [1.29, 1.82) is 0 Å². The number of aryl methyl sites for hydroxylation is 1. The molecule has 0 aliphatic rings. The molecule has 0 N–H and O–H groups in total. The number of anilines is 1. The van der Waals surface area contributed by atoms with Crippen LogP contribution < -0.4 is 4.90 Å². The van der Waals surface area contributed by atoms with Crippen LogP contribution in [0.25, 0.3) is 0 Å². The van der Waals surface area contributed by atoms with Gasteiger partial charge in [-0.1, -0.05) is 0 Å². The van der Waals surface area contributed by atoms with Gasteiger partial charge in [0.25, 0.3) is 0 Å². The number of likely N-dealkylation sites (N-methyl/N-ethyl adjacent to an activating group) is 1. The first-order valence-electron chi connectivity index (χ1n) is 4.80. The largest absolute Gasteiger partial charge is 0.298 e. The van der Waals surface area contributed by atoms with Gasteiger partial charge in [0, 0.05) is 37.4 Å². The Labute approximate surface area is 97.3 Å². The first-order valence-corrected chi connectivity index (χ1v) is 5.68. The highest BCUT2D eigenvalue weighted by molar-refractivity contribution is 7.09. The molecule has 0 bridgehead atoms. The topological polar surface area (TPSA) is 51.0 Å². The van der Waals surface area contributed by atoms with Gasteiger partial charge < -0.3 is 0 Å². The maximum Gasteiger partial charge on any atom is 0.233 e. The summed E-state index contributed by atoms with van der Waals surface area (Å²) in [5.41, 5.74) is 1.73. The fraction of sp³-hybridized carbons (Fsp3) is 0.300. The zero-order chi connectivity index (χ0) is 11.5. The summed E-state index contributed by atoms with van der Waals surface area (Å²) in [6.07, 6.45) is 3.90. The second-order valence-corrected chi connectivity index (χ2v) is 4.42. The zero-order valence-electron chi connectivity index (χ0n) is 9.12. The highest BCUT2D eigenvalue weighted by Crippen LogP contribution is 2.12. The Bertz CT molecular complexity index is 477. The molecule has 0 radical (unpaired) electrons. The Balaban J connectivity index is 2.05. The molecule has 2 heterocycles. The minimum absolute atomic E-state index is 0.0166. The van der Waals surface area contributed by atoms with E-state index in [9.17, 15) is 4.79 Å². The lowest BCUT2D eigenvalue weighted by Gasteiger charge is -2.13. The van der Waals surface area contributed by atoms with Crippen LogP contribution in [-0.4, -0.2) is 27.7 Å². The van der Waals surface area contributed by atoms with Gasteiger partial charge in [-0.25, -0.2) is 0 Å². The maximum absolute atomic E-state index is 11.9. The van der Waals surface area contributed by atoms with Gasteiger partial charge in [0.2, 0.25) is 5.91 Å². The number of hydrogen-bond donors (Lipinski definition) is 0. The van der Waals surface area contributed by atoms with Gasteiger partial charge in [-0.15, -0.1) is 11.3 Å². The van der Waals surface area contributed by atoms with E-state index >= 15 is 0 Å². The predicted molar refractivity (Wildman–Crippen MR) is 62.4 cm³/mol. The molecule has 0 aromatic carbocycles. The smallest absolute Gasteiger partial charge is 0.233 e. The Morgan fingerprint density at radius 2 is 2.44 bits per heavy atom. The standard InChI is InChI=1S/C10H12N4OS/c1-13-4-3-9(12-13)14(2)10(15)5-8-6-11-7-16-8/h3-4,6-7H,5H2,1-2H3. The lowest BCUT2D eigenvalue weighted by Crippen LogP contribution is -2.28. The van der Waals surface area contributed by atoms with E-state index in [4.69, 9.17) is 0 Å². The van der Waals surface area contributed by atoms with E-state index in [1.165, 1.54) is 11.3 Å². The molecule has 16 heavy (non-hydrogen) atoms. The molecular weight excluding hydrogens is 224 g/mol. The molecule has 0 saturated carbocycles. The van der Waals surface area contributed by atoms with Crippen LogP contribution in [0.15, 0.2) is 24.0 Å². The number of nitrogens with zero attached hydrogens (tertiary/aromatic N) is 4. The quantitative estimate of drug-likeness (QED) is 0.801. The minimum Gasteiger partial charge on any atom is -0.298 e. The average molecular weight is 236 g/mol. The van der Waals surface area contributed by atoms with Crippen molar-refractivity contribution in [2.45, 2.75) is 6.42 Å². The Morgan fingerprint density at radius 1 is 1.62 bits per heavy atom. The van der Waals surface area contributed by atoms with Crippen LogP contribution in [0.3, 0.4) is 0 Å². The zero-order valence-corrected chi connectivity index (χ0v) is 9.94. The molecule has 0 saturated heterocycles. The van der Waals surface area contributed by atoms with Gasteiger partial charge in [-0.2, -0.15) is 5.10 Å². The molecule has 0 unspecified atom stereocenters. The minimum atomic E-state index is 0.0166. The highest BCUT2D eigenvalue weighted by atomic mass is 32.1. The molecule has 84 valence electrons. The number of hydrogen-bond acceptors (Lipinski definition) is 4. The summed E-state index contributed by atoms with van der Waals surface area (Å²) < 4.78 is 1.67. The maximum atomic E-state index is 11.9. The van der Waals surface area contributed by atoms with Crippen molar-refractivity contribution >= 4 is 23.1 Å². The molecule has 6 heteroatoms. The van der Waals surface area contributed by atoms with E-state index in [2.05, 4.69) is 10.1 Å². The fourth-order valence-electron chi connectivity index (χ4n) is 1.31. The van der Waals surface area contributed by atoms with Gasteiger partial charge >= 0.3 is 0 Å². The number of thiazole rings is 1. The molecule has 0 fully saturated rings. The van der Waals surface area contributed by atoms with Gasteiger partial charge in [-0.3, -0.25) is 19.4 Å². The molecule has 2 rings (SSSR count). The van der Waals surface area contributed by atoms with E-state index in [1.54, 1.807) is 28.3 Å². The number of carbonyl (C=O) groups excluding carboxylic acids is 1. The van der Waals surface area contributed by atoms with Gasteiger partial charge in [-0.05, 0) is 0 Å². The first-order chi connectivity index (χ1) is 7.66. The van der Waals surface area contributed by atoms with E-state index in [-0.39, 0.29) is 5.91 Å². The summed E-state index contributed by atoms with van der Waals surface area (Å²) in [5, 5.41) is 4.17. The van der Waals surface area contributed by atoms with Crippen molar-refractivity contribution in [3.8, 4) is 0 Å². The van der Waals surface area contributed by atoms with Gasteiger partial charge in [0.05, 0.1) is 11.9 Å². The molecule has 0 atom stereocenters. The van der Waals surface area contributed by atoms with Gasteiger partial charge in [0.15, 0.2) is 5.82 Å². The van der Waals surface area contributed by atoms with Crippen LogP contribution in [0, 0.1) is 0 Å². The highest BCUT2D eigenvalue weighted by Gasteiger charge is 2.14. The normalized spacial score (nSPS) is 10.4. The van der Waals surface area contributed by atoms with Gasteiger partial charge in [0.1, 0.15) is 0 Å². The third-order valence-electron chi connectivity index (χ3n) is 2.23. The SMILES string of the molecule is CN(C(=O)Cc1cncs1)c1ccn(C)n1. The number of carbonyl (C=O) groups is 1. The van der Waals surface area contributed by atoms with Crippen molar-refractivity contribution in [2.75, 3.05) is 11.9 Å². The molecular formula is C10H12N4OS. The second-order valence-electron chi connectivity index (χ2n) is 3.44. The number of amides is 1. The van der Waals surface area contributed by atoms with Crippen molar-refractivity contribution in [2.24, 2.45) is 7.05 Å². The Hall–Kier alpha value is -1.69. The van der Waals surface area contributed by atoms with Crippen molar-refractivity contribution in [1.82, 2.24) is 14.8 Å². The molecule has 5 nitrogen and oxygen atoms in total. The molecule has 2 aromatic rings. The third kappa shape index (κ3) is 2.27. The summed E-state index contributed by atoms with van der Waals surface area (Å²) in [6.45, 7) is 0. The first kappa shape index (κ1) is 10.8. The monoisotopic (exact) mass is 236 g/mol. The van der Waals surface area contributed by atoms with Crippen LogP contribution in [0.5, 0.6) is 0 Å². The summed E-state index contributed by atoms with van der Waals surface area (Å²) in [6, 6.07) is 1.81. The summed E-state index contributed by atoms with van der Waals surface area (Å²) in [4.78, 5) is 18.3. The van der Waals surface area contributed by atoms with Crippen molar-refractivity contribution < 1.29 is 4.79 Å². The van der Waals surface area contributed by atoms with Crippen molar-refractivity contribution in [3.63, 3.8) is 0 Å². The number of aromatic nitrogens is 3. The fourth-order valence-corrected chi connectivity index (χ4v) is 1.89. The predicted octanol–water partition coefficient (Wildman–Crippen LogP) is 1.08. The third-order valence-corrected chi connectivity index (χ3v) is 3.01.